The van der Waals surface area contributed by atoms with E-state index in [1.165, 1.54) is 12.1 Å². The van der Waals surface area contributed by atoms with E-state index in [1.807, 2.05) is 0 Å². The normalized spacial score (nSPS) is 16.6. The molecule has 7 nitrogen and oxygen atoms in total. The summed E-state index contributed by atoms with van der Waals surface area (Å²) in [5.41, 5.74) is 5.50. The van der Waals surface area contributed by atoms with Crippen LogP contribution in [0.5, 0.6) is 0 Å². The van der Waals surface area contributed by atoms with E-state index in [0.29, 0.717) is 0 Å². The maximum Gasteiger partial charge on any atom is 0.262 e. The topological polar surface area (TPSA) is 111 Å². The molecule has 2 rings (SSSR count). The quantitative estimate of drug-likeness (QED) is 0.487. The molecule has 0 saturated heterocycles. The van der Waals surface area contributed by atoms with Gasteiger partial charge in [0.2, 0.25) is 0 Å². The number of benzene rings is 1. The van der Waals surface area contributed by atoms with Crippen molar-refractivity contribution < 1.29 is 13.3 Å². The molecule has 1 aromatic carbocycles. The Bertz CT molecular complexity index is 567. The lowest BCUT2D eigenvalue weighted by Gasteiger charge is -2.12. The molecular formula is C11H15N3O4S. The van der Waals surface area contributed by atoms with Gasteiger partial charge in [0.1, 0.15) is 5.69 Å². The van der Waals surface area contributed by atoms with Gasteiger partial charge >= 0.3 is 0 Å². The predicted octanol–water partition coefficient (Wildman–Crippen LogP) is 1.82. The van der Waals surface area contributed by atoms with E-state index in [4.69, 9.17) is 10.6 Å². The van der Waals surface area contributed by atoms with Crippen LogP contribution in [0.1, 0.15) is 25.7 Å². The molecule has 1 fully saturated rings. The fourth-order valence-corrected chi connectivity index (χ4v) is 2.83. The summed E-state index contributed by atoms with van der Waals surface area (Å²) in [5, 5.41) is 2.67. The largest absolute Gasteiger partial charge is 0.397 e. The van der Waals surface area contributed by atoms with Crippen molar-refractivity contribution in [1.82, 2.24) is 4.89 Å². The molecule has 3 N–H and O–H groups in total. The third kappa shape index (κ3) is 3.28. The Morgan fingerprint density at radius 3 is 2.63 bits per heavy atom. The van der Waals surface area contributed by atoms with Crippen LogP contribution in [0.2, 0.25) is 0 Å². The van der Waals surface area contributed by atoms with E-state index < -0.39 is 10.0 Å². The fourth-order valence-electron chi connectivity index (χ4n) is 1.96. The summed E-state index contributed by atoms with van der Waals surface area (Å²) in [7, 11) is -3.82. The number of hydrogen-bond acceptors (Lipinski definition) is 6. The molecule has 0 aliphatic heterocycles. The van der Waals surface area contributed by atoms with Gasteiger partial charge < -0.3 is 5.73 Å². The van der Waals surface area contributed by atoms with Gasteiger partial charge in [-0.15, -0.1) is 4.91 Å². The zero-order valence-corrected chi connectivity index (χ0v) is 11.0. The lowest BCUT2D eigenvalue weighted by Crippen LogP contribution is -2.28. The second-order valence-electron chi connectivity index (χ2n) is 4.42. The summed E-state index contributed by atoms with van der Waals surface area (Å²) in [6.45, 7) is 0. The van der Waals surface area contributed by atoms with Crippen molar-refractivity contribution in [2.75, 3.05) is 5.73 Å². The Balaban J connectivity index is 2.12. The molecule has 0 bridgehead atoms. The summed E-state index contributed by atoms with van der Waals surface area (Å²) < 4.78 is 23.9. The first kappa shape index (κ1) is 13.9. The van der Waals surface area contributed by atoms with Crippen molar-refractivity contribution in [3.8, 4) is 0 Å². The van der Waals surface area contributed by atoms with Crippen molar-refractivity contribution in [3.05, 3.63) is 23.1 Å². The number of nitrogen functional groups attached to an aromatic ring is 1. The average Bonchev–Trinajstić information content (AvgIpc) is 2.90. The predicted molar refractivity (Wildman–Crippen MR) is 70.0 cm³/mol. The number of nitrogens with two attached hydrogens (primary N) is 1. The minimum atomic E-state index is -3.82. The molecule has 0 amide bonds. The Morgan fingerprint density at radius 2 is 2.00 bits per heavy atom. The Morgan fingerprint density at radius 1 is 1.32 bits per heavy atom. The molecule has 19 heavy (non-hydrogen) atoms. The maximum atomic E-state index is 11.9. The molecule has 8 heteroatoms. The molecule has 0 heterocycles. The smallest absolute Gasteiger partial charge is 0.262 e. The summed E-state index contributed by atoms with van der Waals surface area (Å²) in [6, 6.07) is 3.73. The Kier molecular flexibility index (Phi) is 4.13. The maximum absolute atomic E-state index is 11.9. The number of sulfonamides is 1. The highest BCUT2D eigenvalue weighted by molar-refractivity contribution is 7.89. The average molecular weight is 285 g/mol. The standard InChI is InChI=1S/C11H15N3O4S/c12-10-6-5-9(7-11(10)13-15)19(16,17)14-18-8-3-1-2-4-8/h5-8,14H,1-4,12H2. The van der Waals surface area contributed by atoms with E-state index in [2.05, 4.69) is 10.1 Å². The van der Waals surface area contributed by atoms with E-state index in [0.717, 1.165) is 31.7 Å². The first-order chi connectivity index (χ1) is 9.03. The van der Waals surface area contributed by atoms with Gasteiger partial charge in [-0.2, -0.15) is 0 Å². The van der Waals surface area contributed by atoms with Crippen LogP contribution >= 0.6 is 0 Å². The fraction of sp³-hybridized carbons (Fsp3) is 0.455. The van der Waals surface area contributed by atoms with E-state index in [-0.39, 0.29) is 22.4 Å². The van der Waals surface area contributed by atoms with E-state index in [9.17, 15) is 13.3 Å². The number of hydrogen-bond donors (Lipinski definition) is 2. The van der Waals surface area contributed by atoms with Crippen LogP contribution in [0.4, 0.5) is 11.4 Å². The first-order valence-electron chi connectivity index (χ1n) is 5.93. The van der Waals surface area contributed by atoms with Crippen molar-refractivity contribution >= 4 is 21.4 Å². The molecule has 0 spiro atoms. The van der Waals surface area contributed by atoms with Crippen LogP contribution in [0, 0.1) is 4.91 Å². The van der Waals surface area contributed by atoms with Crippen molar-refractivity contribution in [1.29, 1.82) is 0 Å². The summed E-state index contributed by atoms with van der Waals surface area (Å²) in [5.74, 6) is 0. The van der Waals surface area contributed by atoms with Gasteiger partial charge in [-0.3, -0.25) is 4.84 Å². The molecule has 1 aliphatic carbocycles. The summed E-state index contributed by atoms with van der Waals surface area (Å²) in [6.07, 6.45) is 3.66. The van der Waals surface area contributed by atoms with Crippen molar-refractivity contribution in [2.24, 2.45) is 5.18 Å². The molecule has 0 aromatic heterocycles. The van der Waals surface area contributed by atoms with Gasteiger partial charge in [-0.25, -0.2) is 8.42 Å². The zero-order valence-electron chi connectivity index (χ0n) is 10.2. The lowest BCUT2D eigenvalue weighted by molar-refractivity contribution is 0.0223. The molecular weight excluding hydrogens is 270 g/mol. The Labute approximate surface area is 111 Å². The van der Waals surface area contributed by atoms with Crippen LogP contribution in [0.15, 0.2) is 28.3 Å². The monoisotopic (exact) mass is 285 g/mol. The van der Waals surface area contributed by atoms with Crippen molar-refractivity contribution in [2.45, 2.75) is 36.7 Å². The van der Waals surface area contributed by atoms with Crippen LogP contribution in [-0.4, -0.2) is 14.5 Å². The van der Waals surface area contributed by atoms with Crippen LogP contribution < -0.4 is 10.6 Å². The third-order valence-electron chi connectivity index (χ3n) is 3.04. The van der Waals surface area contributed by atoms with Crippen LogP contribution in [-0.2, 0) is 14.9 Å². The number of rotatable bonds is 5. The minimum absolute atomic E-state index is 0.0905. The highest BCUT2D eigenvalue weighted by Gasteiger charge is 2.21. The summed E-state index contributed by atoms with van der Waals surface area (Å²) >= 11 is 0. The van der Waals surface area contributed by atoms with Gasteiger partial charge in [0.05, 0.1) is 16.7 Å². The van der Waals surface area contributed by atoms with Crippen molar-refractivity contribution in [3.63, 3.8) is 0 Å². The molecule has 104 valence electrons. The number of anilines is 1. The minimum Gasteiger partial charge on any atom is -0.397 e. The number of nitrogens with zero attached hydrogens (tertiary/aromatic N) is 1. The second-order valence-corrected chi connectivity index (χ2v) is 6.07. The zero-order chi connectivity index (χ0) is 13.9. The van der Waals surface area contributed by atoms with Gasteiger partial charge in [0, 0.05) is 0 Å². The molecule has 0 radical (unpaired) electrons. The Hall–Kier alpha value is -1.51. The van der Waals surface area contributed by atoms with E-state index >= 15 is 0 Å². The van der Waals surface area contributed by atoms with Gasteiger partial charge in [0.15, 0.2) is 0 Å². The van der Waals surface area contributed by atoms with Gasteiger partial charge in [0.25, 0.3) is 10.0 Å². The van der Waals surface area contributed by atoms with E-state index in [1.54, 1.807) is 0 Å². The molecule has 0 unspecified atom stereocenters. The molecule has 1 aromatic rings. The number of nitrogens with one attached hydrogen (secondary N) is 1. The summed E-state index contributed by atoms with van der Waals surface area (Å²) in [4.78, 5) is 17.6. The molecule has 0 atom stereocenters. The highest BCUT2D eigenvalue weighted by Crippen LogP contribution is 2.26. The lowest BCUT2D eigenvalue weighted by atomic mass is 10.3. The van der Waals surface area contributed by atoms with Gasteiger partial charge in [-0.05, 0) is 36.2 Å². The highest BCUT2D eigenvalue weighted by atomic mass is 32.2. The van der Waals surface area contributed by atoms with Gasteiger partial charge in [-0.1, -0.05) is 17.7 Å². The van der Waals surface area contributed by atoms with Crippen LogP contribution in [0.25, 0.3) is 0 Å². The number of nitroso groups, excluding NO2 is 1. The second kappa shape index (κ2) is 5.64. The molecule has 1 saturated carbocycles. The first-order valence-corrected chi connectivity index (χ1v) is 7.41. The third-order valence-corrected chi connectivity index (χ3v) is 4.23. The SMILES string of the molecule is Nc1ccc(S(=O)(=O)NOC2CCCC2)cc1N=O. The van der Waals surface area contributed by atoms with Crippen LogP contribution in [0.3, 0.4) is 0 Å². The molecule has 1 aliphatic rings.